The fourth-order valence-electron chi connectivity index (χ4n) is 3.40. The molecule has 0 aromatic carbocycles. The van der Waals surface area contributed by atoms with Crippen molar-refractivity contribution in [3.8, 4) is 0 Å². The molecule has 1 amide bonds. The van der Waals surface area contributed by atoms with Crippen LogP contribution < -0.4 is 11.0 Å². The van der Waals surface area contributed by atoms with Gasteiger partial charge < -0.3 is 10.1 Å². The van der Waals surface area contributed by atoms with Crippen molar-refractivity contribution in [1.29, 1.82) is 0 Å². The zero-order valence-corrected chi connectivity index (χ0v) is 14.8. The summed E-state index contributed by atoms with van der Waals surface area (Å²) < 4.78 is 7.16. The van der Waals surface area contributed by atoms with Crippen LogP contribution in [0.1, 0.15) is 44.9 Å². The molecule has 1 saturated carbocycles. The number of aromatic amines is 1. The zero-order chi connectivity index (χ0) is 16.8. The number of amides is 1. The minimum atomic E-state index is -0.240. The average molecular weight is 354 g/mol. The number of H-pyrrole nitrogens is 1. The number of ether oxygens (including phenoxy) is 1. The van der Waals surface area contributed by atoms with Crippen molar-refractivity contribution in [2.24, 2.45) is 5.92 Å². The van der Waals surface area contributed by atoms with Gasteiger partial charge in [0.25, 0.3) is 0 Å². The van der Waals surface area contributed by atoms with Crippen molar-refractivity contribution < 1.29 is 9.53 Å². The molecule has 1 aromatic heterocycles. The Labute approximate surface area is 145 Å². The molecule has 0 bridgehead atoms. The van der Waals surface area contributed by atoms with E-state index in [9.17, 15) is 9.59 Å². The number of carbonyl (C=O) groups is 1. The van der Waals surface area contributed by atoms with Crippen LogP contribution in [0, 0.1) is 5.92 Å². The molecule has 7 nitrogen and oxygen atoms in total. The Hall–Kier alpha value is -1.28. The highest BCUT2D eigenvalue weighted by atomic mass is 32.2. The van der Waals surface area contributed by atoms with Gasteiger partial charge in [-0.25, -0.2) is 9.89 Å². The lowest BCUT2D eigenvalue weighted by molar-refractivity contribution is -0.118. The van der Waals surface area contributed by atoms with Crippen LogP contribution in [0.25, 0.3) is 0 Å². The molecule has 0 spiro atoms. The van der Waals surface area contributed by atoms with E-state index in [2.05, 4.69) is 15.5 Å². The second-order valence-electron chi connectivity index (χ2n) is 6.65. The molecular weight excluding hydrogens is 328 g/mol. The van der Waals surface area contributed by atoms with Gasteiger partial charge in [-0.2, -0.15) is 0 Å². The highest BCUT2D eigenvalue weighted by molar-refractivity contribution is 7.99. The summed E-state index contributed by atoms with van der Waals surface area (Å²) in [5.74, 6) is 0.906. The van der Waals surface area contributed by atoms with Gasteiger partial charge in [0.1, 0.15) is 0 Å². The molecule has 1 aromatic rings. The van der Waals surface area contributed by atoms with Gasteiger partial charge >= 0.3 is 5.69 Å². The topological polar surface area (TPSA) is 89.0 Å². The summed E-state index contributed by atoms with van der Waals surface area (Å²) in [5.41, 5.74) is -0.240. The SMILES string of the molecule is O=C(CSc1n[nH]c(=O)n1CC1CCCO1)NCC1CCCCC1. The van der Waals surface area contributed by atoms with E-state index < -0.39 is 0 Å². The van der Waals surface area contributed by atoms with Crippen LogP contribution in [-0.4, -0.2) is 45.7 Å². The van der Waals surface area contributed by atoms with Gasteiger partial charge in [0, 0.05) is 13.2 Å². The molecule has 2 heterocycles. The normalized spacial score (nSPS) is 21.9. The highest BCUT2D eigenvalue weighted by Crippen LogP contribution is 2.23. The van der Waals surface area contributed by atoms with Crippen LogP contribution in [0.5, 0.6) is 0 Å². The van der Waals surface area contributed by atoms with Crippen LogP contribution in [0.4, 0.5) is 0 Å². The van der Waals surface area contributed by atoms with E-state index in [1.807, 2.05) is 0 Å². The van der Waals surface area contributed by atoms with Crippen LogP contribution in [-0.2, 0) is 16.1 Å². The van der Waals surface area contributed by atoms with Crippen molar-refractivity contribution in [3.05, 3.63) is 10.5 Å². The maximum atomic E-state index is 12.0. The summed E-state index contributed by atoms with van der Waals surface area (Å²) in [7, 11) is 0. The Bertz CT molecular complexity index is 588. The van der Waals surface area contributed by atoms with Gasteiger partial charge in [0.05, 0.1) is 18.4 Å². The number of aromatic nitrogens is 3. The number of carbonyl (C=O) groups excluding carboxylic acids is 1. The number of thioether (sulfide) groups is 1. The fourth-order valence-corrected chi connectivity index (χ4v) is 4.18. The molecule has 2 N–H and O–H groups in total. The van der Waals surface area contributed by atoms with Crippen molar-refractivity contribution in [2.45, 2.75) is 62.8 Å². The predicted molar refractivity (Wildman–Crippen MR) is 92.1 cm³/mol. The molecular formula is C16H26N4O3S. The summed E-state index contributed by atoms with van der Waals surface area (Å²) in [4.78, 5) is 23.9. The second kappa shape index (κ2) is 8.71. The van der Waals surface area contributed by atoms with Crippen molar-refractivity contribution in [2.75, 3.05) is 18.9 Å². The number of nitrogens with one attached hydrogen (secondary N) is 2. The summed E-state index contributed by atoms with van der Waals surface area (Å²) in [5, 5.41) is 10.1. The summed E-state index contributed by atoms with van der Waals surface area (Å²) in [6.07, 6.45) is 8.37. The van der Waals surface area contributed by atoms with Gasteiger partial charge in [-0.1, -0.05) is 31.0 Å². The third kappa shape index (κ3) is 4.86. The first-order chi connectivity index (χ1) is 11.7. The van der Waals surface area contributed by atoms with Gasteiger partial charge in [-0.15, -0.1) is 5.10 Å². The maximum Gasteiger partial charge on any atom is 0.344 e. The quantitative estimate of drug-likeness (QED) is 0.725. The largest absolute Gasteiger partial charge is 0.376 e. The molecule has 3 rings (SSSR count). The van der Waals surface area contributed by atoms with E-state index in [0.29, 0.717) is 17.6 Å². The van der Waals surface area contributed by atoms with Crippen molar-refractivity contribution in [1.82, 2.24) is 20.1 Å². The minimum Gasteiger partial charge on any atom is -0.376 e. The number of nitrogens with zero attached hydrogens (tertiary/aromatic N) is 2. The standard InChI is InChI=1S/C16H26N4O3S/c21-14(17-9-12-5-2-1-3-6-12)11-24-16-19-18-15(22)20(16)10-13-7-4-8-23-13/h12-13H,1-11H2,(H,17,21)(H,18,22). The average Bonchev–Trinajstić information content (AvgIpc) is 3.24. The molecule has 1 unspecified atom stereocenters. The Morgan fingerprint density at radius 1 is 1.29 bits per heavy atom. The number of hydrogen-bond donors (Lipinski definition) is 2. The zero-order valence-electron chi connectivity index (χ0n) is 14.0. The van der Waals surface area contributed by atoms with E-state index in [0.717, 1.165) is 26.0 Å². The van der Waals surface area contributed by atoms with E-state index >= 15 is 0 Å². The molecule has 1 aliphatic heterocycles. The summed E-state index contributed by atoms with van der Waals surface area (Å²) in [6.45, 7) is 2.02. The minimum absolute atomic E-state index is 0.00434. The molecule has 2 aliphatic rings. The first-order valence-corrected chi connectivity index (χ1v) is 9.87. The molecule has 8 heteroatoms. The Morgan fingerprint density at radius 2 is 2.12 bits per heavy atom. The van der Waals surface area contributed by atoms with E-state index in [1.54, 1.807) is 4.57 Å². The van der Waals surface area contributed by atoms with E-state index in [-0.39, 0.29) is 23.5 Å². The van der Waals surface area contributed by atoms with Gasteiger partial charge in [-0.05, 0) is 31.6 Å². The Balaban J connectivity index is 1.45. The third-order valence-electron chi connectivity index (χ3n) is 4.78. The van der Waals surface area contributed by atoms with E-state index in [1.165, 1.54) is 43.9 Å². The molecule has 0 radical (unpaired) electrons. The Morgan fingerprint density at radius 3 is 2.88 bits per heavy atom. The lowest BCUT2D eigenvalue weighted by Gasteiger charge is -2.21. The monoisotopic (exact) mass is 354 g/mol. The first-order valence-electron chi connectivity index (χ1n) is 8.88. The molecule has 1 aliphatic carbocycles. The smallest absolute Gasteiger partial charge is 0.344 e. The van der Waals surface area contributed by atoms with Gasteiger partial charge in [0.2, 0.25) is 5.91 Å². The predicted octanol–water partition coefficient (Wildman–Crippen LogP) is 1.54. The van der Waals surface area contributed by atoms with E-state index in [4.69, 9.17) is 4.74 Å². The molecule has 134 valence electrons. The van der Waals surface area contributed by atoms with Crippen molar-refractivity contribution in [3.63, 3.8) is 0 Å². The number of rotatable bonds is 7. The van der Waals surface area contributed by atoms with Crippen LogP contribution >= 0.6 is 11.8 Å². The van der Waals surface area contributed by atoms with Crippen LogP contribution in [0.3, 0.4) is 0 Å². The van der Waals surface area contributed by atoms with Gasteiger partial charge in [-0.3, -0.25) is 9.36 Å². The maximum absolute atomic E-state index is 12.0. The van der Waals surface area contributed by atoms with Gasteiger partial charge in [0.15, 0.2) is 5.16 Å². The molecule has 1 saturated heterocycles. The summed E-state index contributed by atoms with van der Waals surface area (Å²) in [6, 6.07) is 0. The van der Waals surface area contributed by atoms with Crippen LogP contribution in [0.15, 0.2) is 9.95 Å². The molecule has 24 heavy (non-hydrogen) atoms. The molecule has 1 atom stereocenters. The Kier molecular flexibility index (Phi) is 6.37. The number of hydrogen-bond acceptors (Lipinski definition) is 5. The lowest BCUT2D eigenvalue weighted by atomic mass is 9.89. The third-order valence-corrected chi connectivity index (χ3v) is 5.75. The molecule has 2 fully saturated rings. The highest BCUT2D eigenvalue weighted by Gasteiger charge is 2.20. The summed E-state index contributed by atoms with van der Waals surface area (Å²) >= 11 is 1.30. The van der Waals surface area contributed by atoms with Crippen molar-refractivity contribution >= 4 is 17.7 Å². The first kappa shape index (κ1) is 17.5. The second-order valence-corrected chi connectivity index (χ2v) is 7.60. The lowest BCUT2D eigenvalue weighted by Crippen LogP contribution is -2.31. The fraction of sp³-hybridized carbons (Fsp3) is 0.812. The van der Waals surface area contributed by atoms with Crippen LogP contribution in [0.2, 0.25) is 0 Å².